The summed E-state index contributed by atoms with van der Waals surface area (Å²) in [5, 5.41) is 9.45. The number of thiazole rings is 1. The number of rotatable bonds is 7. The van der Waals surface area contributed by atoms with Crippen LogP contribution in [0, 0.1) is 6.92 Å². The molecular weight excluding hydrogens is 448 g/mol. The molecule has 0 atom stereocenters. The van der Waals surface area contributed by atoms with Crippen LogP contribution in [0.5, 0.6) is 5.88 Å². The highest BCUT2D eigenvalue weighted by Crippen LogP contribution is 2.51. The van der Waals surface area contributed by atoms with Crippen LogP contribution in [0.4, 0.5) is 0 Å². The summed E-state index contributed by atoms with van der Waals surface area (Å²) < 4.78 is 5.43. The molecule has 0 spiro atoms. The maximum Gasteiger partial charge on any atom is 0.218 e. The maximum atomic E-state index is 13.1. The van der Waals surface area contributed by atoms with Gasteiger partial charge in [-0.25, -0.2) is 9.97 Å². The lowest BCUT2D eigenvalue weighted by Gasteiger charge is -2.15. The minimum atomic E-state index is 0.0322. The second-order valence-electron chi connectivity index (χ2n) is 8.28. The number of pyridine rings is 2. The lowest BCUT2D eigenvalue weighted by Crippen LogP contribution is -2.14. The van der Waals surface area contributed by atoms with E-state index < -0.39 is 0 Å². The zero-order chi connectivity index (χ0) is 22.5. The zero-order valence-electron chi connectivity index (χ0n) is 17.9. The normalized spacial score (nSPS) is 14.6. The summed E-state index contributed by atoms with van der Waals surface area (Å²) in [6.45, 7) is 4.22. The molecule has 32 heavy (non-hydrogen) atoms. The van der Waals surface area contributed by atoms with Crippen LogP contribution in [0.3, 0.4) is 0 Å². The van der Waals surface area contributed by atoms with E-state index >= 15 is 0 Å². The van der Waals surface area contributed by atoms with Gasteiger partial charge in [0, 0.05) is 24.6 Å². The lowest BCUT2D eigenvalue weighted by molar-refractivity contribution is -0.117. The van der Waals surface area contributed by atoms with Crippen molar-refractivity contribution in [2.75, 3.05) is 7.11 Å². The van der Waals surface area contributed by atoms with Crippen LogP contribution < -0.4 is 4.74 Å². The van der Waals surface area contributed by atoms with Gasteiger partial charge in [-0.3, -0.25) is 4.79 Å². The minimum Gasteiger partial charge on any atom is -0.481 e. The summed E-state index contributed by atoms with van der Waals surface area (Å²) in [7, 11) is 1.51. The number of Topliss-reactive ketones (excluding diaryl/α,β-unsaturated/α-hetero) is 1. The number of carbonyl (C=O) groups is 1. The predicted octanol–water partition coefficient (Wildman–Crippen LogP) is 4.04. The van der Waals surface area contributed by atoms with Gasteiger partial charge in [0.05, 0.1) is 29.5 Å². The molecule has 1 fully saturated rings. The van der Waals surface area contributed by atoms with Gasteiger partial charge >= 0.3 is 0 Å². The van der Waals surface area contributed by atoms with Crippen LogP contribution in [0.15, 0.2) is 24.7 Å². The fraction of sp³-hybridized carbons (Fsp3) is 0.364. The molecule has 0 unspecified atom stereocenters. The second kappa shape index (κ2) is 7.90. The number of carbonyl (C=O) groups excluding carboxylic acids is 1. The zero-order valence-corrected chi connectivity index (χ0v) is 19.5. The average Bonchev–Trinajstić information content (AvgIpc) is 3.14. The number of ether oxygens (including phenoxy) is 1. The average molecular weight is 469 g/mol. The molecule has 0 aromatic carbocycles. The molecule has 5 rings (SSSR count). The van der Waals surface area contributed by atoms with Crippen LogP contribution in [0.25, 0.3) is 16.2 Å². The first-order chi connectivity index (χ1) is 15.4. The molecule has 10 heteroatoms. The van der Waals surface area contributed by atoms with Gasteiger partial charge in [0.25, 0.3) is 0 Å². The highest BCUT2D eigenvalue weighted by atomic mass is 35.5. The summed E-state index contributed by atoms with van der Waals surface area (Å²) in [4.78, 5) is 29.1. The maximum absolute atomic E-state index is 13.1. The van der Waals surface area contributed by atoms with Crippen molar-refractivity contribution in [1.29, 1.82) is 0 Å². The van der Waals surface area contributed by atoms with Gasteiger partial charge in [0.15, 0.2) is 5.82 Å². The molecule has 0 bridgehead atoms. The third-order valence-corrected chi connectivity index (χ3v) is 6.95. The summed E-state index contributed by atoms with van der Waals surface area (Å²) >= 11 is 8.00. The summed E-state index contributed by atoms with van der Waals surface area (Å²) in [6, 6.07) is 1.69. The lowest BCUT2D eigenvalue weighted by atomic mass is 9.90. The van der Waals surface area contributed by atoms with Gasteiger partial charge < -0.3 is 4.74 Å². The number of halogens is 1. The molecule has 1 aliphatic rings. The number of hydrogen-bond acceptors (Lipinski definition) is 8. The fourth-order valence-electron chi connectivity index (χ4n) is 4.02. The van der Waals surface area contributed by atoms with Gasteiger partial charge in [0.1, 0.15) is 16.1 Å². The number of methoxy groups -OCH3 is 1. The SMILES string of the molecule is COc1nc(-n2nccn2)c(Cl)cc1CC(=O)Cc1cnc2sc(C)nc2c1C1(C)CC1. The molecule has 0 radical (unpaired) electrons. The highest BCUT2D eigenvalue weighted by Gasteiger charge is 2.43. The van der Waals surface area contributed by atoms with Gasteiger partial charge in [-0.1, -0.05) is 29.9 Å². The molecular formula is C22H21ClN6O2S. The standard InChI is InChI=1S/C22H21ClN6O2S/c1-12-27-18-17(22(2)4-5-22)14(11-24-21(18)32-12)9-15(30)8-13-10-16(23)19(28-20(13)31-3)29-25-6-7-26-29/h6-7,10-11H,4-5,8-9H2,1-3H3. The van der Waals surface area contributed by atoms with E-state index in [0.29, 0.717) is 22.3 Å². The molecule has 164 valence electrons. The quantitative estimate of drug-likeness (QED) is 0.403. The van der Waals surface area contributed by atoms with E-state index in [9.17, 15) is 4.79 Å². The van der Waals surface area contributed by atoms with Crippen molar-refractivity contribution >= 4 is 39.1 Å². The summed E-state index contributed by atoms with van der Waals surface area (Å²) in [6.07, 6.45) is 7.52. The Balaban J connectivity index is 1.44. The Morgan fingerprint density at radius 3 is 2.62 bits per heavy atom. The van der Waals surface area contributed by atoms with Crippen molar-refractivity contribution in [3.63, 3.8) is 0 Å². The Morgan fingerprint density at radius 1 is 1.22 bits per heavy atom. The van der Waals surface area contributed by atoms with E-state index in [2.05, 4.69) is 27.1 Å². The van der Waals surface area contributed by atoms with Crippen molar-refractivity contribution in [3.8, 4) is 11.7 Å². The summed E-state index contributed by atoms with van der Waals surface area (Å²) in [5.41, 5.74) is 3.75. The van der Waals surface area contributed by atoms with Gasteiger partial charge in [-0.05, 0) is 42.4 Å². The molecule has 1 saturated carbocycles. The molecule has 4 aromatic rings. The Morgan fingerprint density at radius 2 is 1.94 bits per heavy atom. The molecule has 8 nitrogen and oxygen atoms in total. The van der Waals surface area contributed by atoms with E-state index in [1.807, 2.05) is 13.1 Å². The Kier molecular flexibility index (Phi) is 5.17. The number of hydrogen-bond donors (Lipinski definition) is 0. The first-order valence-electron chi connectivity index (χ1n) is 10.3. The predicted molar refractivity (Wildman–Crippen MR) is 122 cm³/mol. The van der Waals surface area contributed by atoms with Crippen LogP contribution in [-0.4, -0.2) is 42.8 Å². The smallest absolute Gasteiger partial charge is 0.218 e. The molecule has 0 N–H and O–H groups in total. The fourth-order valence-corrected chi connectivity index (χ4v) is 5.04. The van der Waals surface area contributed by atoms with E-state index in [4.69, 9.17) is 21.3 Å². The first kappa shape index (κ1) is 21.0. The van der Waals surface area contributed by atoms with Crippen LogP contribution in [0.2, 0.25) is 5.02 Å². The Labute approximate surface area is 193 Å². The van der Waals surface area contributed by atoms with Crippen molar-refractivity contribution in [3.05, 3.63) is 51.4 Å². The number of aromatic nitrogens is 6. The minimum absolute atomic E-state index is 0.0322. The summed E-state index contributed by atoms with van der Waals surface area (Å²) in [5.74, 6) is 0.708. The molecule has 0 saturated heterocycles. The van der Waals surface area contributed by atoms with Crippen molar-refractivity contribution in [1.82, 2.24) is 29.9 Å². The molecule has 0 aliphatic heterocycles. The van der Waals surface area contributed by atoms with Gasteiger partial charge in [-0.2, -0.15) is 15.2 Å². The third kappa shape index (κ3) is 3.75. The number of nitrogens with zero attached hydrogens (tertiary/aromatic N) is 6. The molecule has 0 amide bonds. The monoisotopic (exact) mass is 468 g/mol. The number of aryl methyl sites for hydroxylation is 1. The Hall–Kier alpha value is -2.91. The third-order valence-electron chi connectivity index (χ3n) is 5.79. The van der Waals surface area contributed by atoms with Crippen molar-refractivity contribution in [2.24, 2.45) is 0 Å². The van der Waals surface area contributed by atoms with E-state index in [-0.39, 0.29) is 24.0 Å². The highest BCUT2D eigenvalue weighted by molar-refractivity contribution is 7.18. The first-order valence-corrected chi connectivity index (χ1v) is 11.4. The van der Waals surface area contributed by atoms with Gasteiger partial charge in [0.2, 0.25) is 5.88 Å². The molecule has 4 aromatic heterocycles. The van der Waals surface area contributed by atoms with Crippen molar-refractivity contribution < 1.29 is 9.53 Å². The number of fused-ring (bicyclic) bond motifs is 1. The van der Waals surface area contributed by atoms with E-state index in [0.717, 1.165) is 33.8 Å². The van der Waals surface area contributed by atoms with E-state index in [1.165, 1.54) is 29.9 Å². The number of ketones is 1. The van der Waals surface area contributed by atoms with Gasteiger partial charge in [-0.15, -0.1) is 4.80 Å². The van der Waals surface area contributed by atoms with Crippen LogP contribution >= 0.6 is 22.9 Å². The molecule has 4 heterocycles. The topological polar surface area (TPSA) is 95.7 Å². The molecule has 1 aliphatic carbocycles. The van der Waals surface area contributed by atoms with Crippen LogP contribution in [0.1, 0.15) is 41.5 Å². The van der Waals surface area contributed by atoms with E-state index in [1.54, 1.807) is 17.4 Å². The van der Waals surface area contributed by atoms with Crippen LogP contribution in [-0.2, 0) is 23.1 Å². The Bertz CT molecular complexity index is 1330. The largest absolute Gasteiger partial charge is 0.481 e. The second-order valence-corrected chi connectivity index (χ2v) is 9.87. The van der Waals surface area contributed by atoms with Crippen molar-refractivity contribution in [2.45, 2.75) is 44.9 Å².